The first-order valence-corrected chi connectivity index (χ1v) is 8.46. The molecule has 1 aromatic rings. The Morgan fingerprint density at radius 1 is 1.25 bits per heavy atom. The molecule has 0 N–H and O–H groups in total. The molecule has 2 nitrogen and oxygen atoms in total. The van der Waals surface area contributed by atoms with E-state index in [1.807, 2.05) is 12.1 Å². The van der Waals surface area contributed by atoms with Crippen LogP contribution in [0.3, 0.4) is 0 Å². The summed E-state index contributed by atoms with van der Waals surface area (Å²) in [4.78, 5) is 2.50. The maximum atomic E-state index is 5.48. The number of ether oxygens (including phenoxy) is 1. The molecule has 0 radical (unpaired) electrons. The maximum absolute atomic E-state index is 5.48. The van der Waals surface area contributed by atoms with Gasteiger partial charge in [0.15, 0.2) is 0 Å². The zero-order valence-corrected chi connectivity index (χ0v) is 14.4. The van der Waals surface area contributed by atoms with E-state index in [1.54, 1.807) is 7.11 Å². The molecule has 2 rings (SSSR count). The van der Waals surface area contributed by atoms with Crippen LogP contribution in [0.15, 0.2) is 22.7 Å². The zero-order valence-electron chi connectivity index (χ0n) is 12.9. The highest BCUT2D eigenvalue weighted by molar-refractivity contribution is 9.10. The average molecular weight is 340 g/mol. The standard InChI is InChI=1S/C17H26BrNO/c1-4-13-5-8-16(9-6-13)19(2)12-14-11-15(18)7-10-17(14)20-3/h7,10-11,13,16H,4-6,8-9,12H2,1-3H3. The van der Waals surface area contributed by atoms with E-state index >= 15 is 0 Å². The third-order valence-corrected chi connectivity index (χ3v) is 5.17. The molecule has 0 atom stereocenters. The van der Waals surface area contributed by atoms with E-state index in [-0.39, 0.29) is 0 Å². The van der Waals surface area contributed by atoms with Crippen molar-refractivity contribution in [1.82, 2.24) is 4.90 Å². The van der Waals surface area contributed by atoms with Crippen LogP contribution >= 0.6 is 15.9 Å². The Labute approximate surface area is 131 Å². The summed E-state index contributed by atoms with van der Waals surface area (Å²) in [6.45, 7) is 3.28. The van der Waals surface area contributed by atoms with Gasteiger partial charge in [-0.25, -0.2) is 0 Å². The van der Waals surface area contributed by atoms with E-state index in [4.69, 9.17) is 4.74 Å². The number of halogens is 1. The molecule has 20 heavy (non-hydrogen) atoms. The van der Waals surface area contributed by atoms with Gasteiger partial charge in [0.1, 0.15) is 5.75 Å². The van der Waals surface area contributed by atoms with Gasteiger partial charge in [0, 0.05) is 22.6 Å². The number of benzene rings is 1. The predicted octanol–water partition coefficient (Wildman–Crippen LogP) is 4.86. The third kappa shape index (κ3) is 3.98. The normalized spacial score (nSPS) is 23.1. The lowest BCUT2D eigenvalue weighted by molar-refractivity contribution is 0.156. The molecule has 0 saturated heterocycles. The van der Waals surface area contributed by atoms with Crippen molar-refractivity contribution in [1.29, 1.82) is 0 Å². The first-order chi connectivity index (χ1) is 9.63. The lowest BCUT2D eigenvalue weighted by Crippen LogP contribution is -2.34. The second-order valence-electron chi connectivity index (χ2n) is 5.95. The van der Waals surface area contributed by atoms with Crippen molar-refractivity contribution in [3.63, 3.8) is 0 Å². The zero-order chi connectivity index (χ0) is 14.5. The van der Waals surface area contributed by atoms with Crippen LogP contribution in [-0.2, 0) is 6.54 Å². The molecule has 1 aromatic carbocycles. The van der Waals surface area contributed by atoms with Gasteiger partial charge in [0.05, 0.1) is 7.11 Å². The largest absolute Gasteiger partial charge is 0.496 e. The SMILES string of the molecule is CCC1CCC(N(C)Cc2cc(Br)ccc2OC)CC1. The fourth-order valence-corrected chi connectivity index (χ4v) is 3.67. The Hall–Kier alpha value is -0.540. The van der Waals surface area contributed by atoms with Crippen LogP contribution in [0.4, 0.5) is 0 Å². The molecule has 1 aliphatic carbocycles. The fraction of sp³-hybridized carbons (Fsp3) is 0.647. The summed E-state index contributed by atoms with van der Waals surface area (Å²) >= 11 is 3.55. The highest BCUT2D eigenvalue weighted by atomic mass is 79.9. The number of hydrogen-bond acceptors (Lipinski definition) is 2. The molecule has 1 aliphatic rings. The number of nitrogens with zero attached hydrogens (tertiary/aromatic N) is 1. The smallest absolute Gasteiger partial charge is 0.123 e. The average Bonchev–Trinajstić information content (AvgIpc) is 2.47. The van der Waals surface area contributed by atoms with Gasteiger partial charge in [0.25, 0.3) is 0 Å². The topological polar surface area (TPSA) is 12.5 Å². The summed E-state index contributed by atoms with van der Waals surface area (Å²) in [5.41, 5.74) is 1.27. The first kappa shape index (κ1) is 15.8. The van der Waals surface area contributed by atoms with Gasteiger partial charge in [-0.1, -0.05) is 29.3 Å². The van der Waals surface area contributed by atoms with Crippen LogP contribution in [-0.4, -0.2) is 25.1 Å². The minimum absolute atomic E-state index is 0.724. The summed E-state index contributed by atoms with van der Waals surface area (Å²) in [6.07, 6.45) is 6.80. The van der Waals surface area contributed by atoms with Gasteiger partial charge in [-0.05, 0) is 56.8 Å². The molecular weight excluding hydrogens is 314 g/mol. The monoisotopic (exact) mass is 339 g/mol. The van der Waals surface area contributed by atoms with Gasteiger partial charge in [-0.15, -0.1) is 0 Å². The molecule has 0 heterocycles. The molecule has 0 amide bonds. The van der Waals surface area contributed by atoms with Crippen molar-refractivity contribution in [2.75, 3.05) is 14.2 Å². The van der Waals surface area contributed by atoms with Crippen LogP contribution in [0.25, 0.3) is 0 Å². The highest BCUT2D eigenvalue weighted by Crippen LogP contribution is 2.31. The summed E-state index contributed by atoms with van der Waals surface area (Å²) in [6, 6.07) is 6.98. The van der Waals surface area contributed by atoms with E-state index in [2.05, 4.69) is 40.9 Å². The first-order valence-electron chi connectivity index (χ1n) is 7.66. The van der Waals surface area contributed by atoms with Gasteiger partial charge in [0.2, 0.25) is 0 Å². The molecule has 1 saturated carbocycles. The summed E-state index contributed by atoms with van der Waals surface area (Å²) in [5, 5.41) is 0. The summed E-state index contributed by atoms with van der Waals surface area (Å²) in [5.74, 6) is 1.95. The molecular formula is C17H26BrNO. The third-order valence-electron chi connectivity index (χ3n) is 4.68. The maximum Gasteiger partial charge on any atom is 0.123 e. The molecule has 0 unspecified atom stereocenters. The predicted molar refractivity (Wildman–Crippen MR) is 88.2 cm³/mol. The summed E-state index contributed by atoms with van der Waals surface area (Å²) < 4.78 is 6.60. The van der Waals surface area contributed by atoms with Crippen molar-refractivity contribution >= 4 is 15.9 Å². The van der Waals surface area contributed by atoms with E-state index < -0.39 is 0 Å². The number of methoxy groups -OCH3 is 1. The molecule has 0 aromatic heterocycles. The lowest BCUT2D eigenvalue weighted by atomic mass is 9.84. The minimum atomic E-state index is 0.724. The quantitative estimate of drug-likeness (QED) is 0.759. The molecule has 3 heteroatoms. The van der Waals surface area contributed by atoms with Crippen molar-refractivity contribution < 1.29 is 4.74 Å². The van der Waals surface area contributed by atoms with Crippen molar-refractivity contribution in [2.45, 2.75) is 51.6 Å². The van der Waals surface area contributed by atoms with Crippen LogP contribution in [0, 0.1) is 5.92 Å². The second-order valence-corrected chi connectivity index (χ2v) is 6.87. The Kier molecular flexibility index (Phi) is 5.91. The van der Waals surface area contributed by atoms with Crippen LogP contribution in [0.2, 0.25) is 0 Å². The van der Waals surface area contributed by atoms with Crippen molar-refractivity contribution in [2.24, 2.45) is 5.92 Å². The van der Waals surface area contributed by atoms with Crippen LogP contribution < -0.4 is 4.74 Å². The number of rotatable bonds is 5. The Morgan fingerprint density at radius 3 is 2.55 bits per heavy atom. The van der Waals surface area contributed by atoms with Gasteiger partial charge >= 0.3 is 0 Å². The summed E-state index contributed by atoms with van der Waals surface area (Å²) in [7, 11) is 4.00. The molecule has 1 fully saturated rings. The van der Waals surface area contributed by atoms with Crippen LogP contribution in [0.5, 0.6) is 5.75 Å². The second kappa shape index (κ2) is 7.46. The van der Waals surface area contributed by atoms with E-state index in [1.165, 1.54) is 37.7 Å². The number of hydrogen-bond donors (Lipinski definition) is 0. The minimum Gasteiger partial charge on any atom is -0.496 e. The Bertz CT molecular complexity index is 427. The van der Waals surface area contributed by atoms with E-state index in [0.29, 0.717) is 0 Å². The van der Waals surface area contributed by atoms with Crippen molar-refractivity contribution in [3.8, 4) is 5.75 Å². The van der Waals surface area contributed by atoms with Gasteiger partial charge in [-0.3, -0.25) is 4.90 Å². The van der Waals surface area contributed by atoms with Crippen LogP contribution in [0.1, 0.15) is 44.6 Å². The van der Waals surface area contributed by atoms with E-state index in [0.717, 1.165) is 28.7 Å². The molecule has 0 bridgehead atoms. The lowest BCUT2D eigenvalue weighted by Gasteiger charge is -2.34. The van der Waals surface area contributed by atoms with E-state index in [9.17, 15) is 0 Å². The molecule has 112 valence electrons. The highest BCUT2D eigenvalue weighted by Gasteiger charge is 2.23. The Balaban J connectivity index is 1.97. The van der Waals surface area contributed by atoms with Crippen molar-refractivity contribution in [3.05, 3.63) is 28.2 Å². The van der Waals surface area contributed by atoms with Gasteiger partial charge < -0.3 is 4.74 Å². The molecule has 0 aliphatic heterocycles. The molecule has 0 spiro atoms. The Morgan fingerprint density at radius 2 is 1.95 bits per heavy atom. The fourth-order valence-electron chi connectivity index (χ4n) is 3.26. The van der Waals surface area contributed by atoms with Gasteiger partial charge in [-0.2, -0.15) is 0 Å².